The summed E-state index contributed by atoms with van der Waals surface area (Å²) >= 11 is 0. The zero-order valence-corrected chi connectivity index (χ0v) is 7.73. The molecule has 0 N–H and O–H groups in total. The number of halogens is 3. The molecule has 0 saturated heterocycles. The first kappa shape index (κ1) is 10.8. The van der Waals surface area contributed by atoms with Gasteiger partial charge in [0.2, 0.25) is 0 Å². The molecule has 2 atom stereocenters. The summed E-state index contributed by atoms with van der Waals surface area (Å²) < 4.78 is 40.1. The molecular formula is C9H15F3O. The van der Waals surface area contributed by atoms with Crippen LogP contribution in [-0.4, -0.2) is 18.9 Å². The lowest BCUT2D eigenvalue weighted by Gasteiger charge is -2.27. The highest BCUT2D eigenvalue weighted by atomic mass is 19.4. The highest BCUT2D eigenvalue weighted by Crippen LogP contribution is 2.27. The first-order valence-electron chi connectivity index (χ1n) is 4.66. The van der Waals surface area contributed by atoms with Crippen molar-refractivity contribution >= 4 is 0 Å². The molecule has 0 bridgehead atoms. The van der Waals surface area contributed by atoms with Gasteiger partial charge in [0.15, 0.2) is 0 Å². The molecule has 0 aliphatic heterocycles. The molecule has 0 amide bonds. The molecule has 0 spiro atoms. The summed E-state index contributed by atoms with van der Waals surface area (Å²) in [4.78, 5) is 0. The van der Waals surface area contributed by atoms with Gasteiger partial charge < -0.3 is 4.74 Å². The van der Waals surface area contributed by atoms with Crippen molar-refractivity contribution in [1.82, 2.24) is 0 Å². The standard InChI is InChI=1S/C9H15F3O/c1-7-3-2-4-8(5-7)13-6-9(10,11)12/h7-8H,2-6H2,1H3/t7-,8+/m1/s1. The van der Waals surface area contributed by atoms with Crippen molar-refractivity contribution in [2.24, 2.45) is 5.92 Å². The lowest BCUT2D eigenvalue weighted by atomic mass is 9.89. The van der Waals surface area contributed by atoms with E-state index in [2.05, 4.69) is 6.92 Å². The average molecular weight is 196 g/mol. The van der Waals surface area contributed by atoms with E-state index in [4.69, 9.17) is 4.74 Å². The molecule has 1 aliphatic rings. The van der Waals surface area contributed by atoms with Gasteiger partial charge in [0.25, 0.3) is 0 Å². The van der Waals surface area contributed by atoms with Gasteiger partial charge in [0.1, 0.15) is 6.61 Å². The van der Waals surface area contributed by atoms with Crippen molar-refractivity contribution < 1.29 is 17.9 Å². The van der Waals surface area contributed by atoms with Gasteiger partial charge in [-0.2, -0.15) is 13.2 Å². The van der Waals surface area contributed by atoms with Crippen molar-refractivity contribution in [3.05, 3.63) is 0 Å². The number of alkyl halides is 3. The van der Waals surface area contributed by atoms with Gasteiger partial charge in [-0.25, -0.2) is 0 Å². The highest BCUT2D eigenvalue weighted by molar-refractivity contribution is 4.70. The van der Waals surface area contributed by atoms with Crippen LogP contribution in [0.15, 0.2) is 0 Å². The minimum Gasteiger partial charge on any atom is -0.369 e. The molecule has 1 saturated carbocycles. The van der Waals surface area contributed by atoms with Crippen LogP contribution in [0.25, 0.3) is 0 Å². The van der Waals surface area contributed by atoms with Gasteiger partial charge >= 0.3 is 6.18 Å². The fraction of sp³-hybridized carbons (Fsp3) is 1.00. The largest absolute Gasteiger partial charge is 0.411 e. The summed E-state index contributed by atoms with van der Waals surface area (Å²) in [5.74, 6) is 0.506. The second-order valence-corrected chi connectivity index (χ2v) is 3.82. The first-order valence-corrected chi connectivity index (χ1v) is 4.66. The zero-order chi connectivity index (χ0) is 9.90. The molecule has 1 fully saturated rings. The minimum absolute atomic E-state index is 0.176. The van der Waals surface area contributed by atoms with Crippen molar-refractivity contribution in [3.8, 4) is 0 Å². The van der Waals surface area contributed by atoms with E-state index in [-0.39, 0.29) is 6.10 Å². The van der Waals surface area contributed by atoms with Crippen LogP contribution in [0.2, 0.25) is 0 Å². The Morgan fingerprint density at radius 3 is 2.54 bits per heavy atom. The summed E-state index contributed by atoms with van der Waals surface area (Å²) in [5.41, 5.74) is 0. The average Bonchev–Trinajstić information content (AvgIpc) is 2.00. The van der Waals surface area contributed by atoms with E-state index in [1.54, 1.807) is 0 Å². The van der Waals surface area contributed by atoms with Crippen LogP contribution in [0.1, 0.15) is 32.6 Å². The Morgan fingerprint density at radius 1 is 1.31 bits per heavy atom. The summed E-state index contributed by atoms with van der Waals surface area (Å²) in [6.45, 7) is 0.966. The number of hydrogen-bond donors (Lipinski definition) is 0. The third kappa shape index (κ3) is 4.50. The van der Waals surface area contributed by atoms with Crippen molar-refractivity contribution in [3.63, 3.8) is 0 Å². The lowest BCUT2D eigenvalue weighted by molar-refractivity contribution is -0.189. The summed E-state index contributed by atoms with van der Waals surface area (Å²) in [6.07, 6.45) is -0.697. The van der Waals surface area contributed by atoms with E-state index < -0.39 is 12.8 Å². The molecule has 13 heavy (non-hydrogen) atoms. The maximum absolute atomic E-state index is 11.8. The fourth-order valence-electron chi connectivity index (χ4n) is 1.74. The Hall–Kier alpha value is -0.250. The number of rotatable bonds is 2. The molecule has 78 valence electrons. The maximum Gasteiger partial charge on any atom is 0.411 e. The first-order chi connectivity index (χ1) is 5.97. The number of ether oxygens (including phenoxy) is 1. The quantitative estimate of drug-likeness (QED) is 0.659. The molecule has 1 aliphatic carbocycles. The third-order valence-electron chi connectivity index (χ3n) is 2.37. The van der Waals surface area contributed by atoms with Gasteiger partial charge in [-0.05, 0) is 18.8 Å². The van der Waals surface area contributed by atoms with E-state index in [9.17, 15) is 13.2 Å². The van der Waals surface area contributed by atoms with Crippen LogP contribution in [0, 0.1) is 5.92 Å². The van der Waals surface area contributed by atoms with Crippen LogP contribution in [-0.2, 0) is 4.74 Å². The fourth-order valence-corrected chi connectivity index (χ4v) is 1.74. The maximum atomic E-state index is 11.8. The van der Waals surface area contributed by atoms with Crippen LogP contribution < -0.4 is 0 Å². The normalized spacial score (nSPS) is 30.5. The Morgan fingerprint density at radius 2 is 2.00 bits per heavy atom. The predicted octanol–water partition coefficient (Wildman–Crippen LogP) is 3.14. The van der Waals surface area contributed by atoms with Gasteiger partial charge in [0, 0.05) is 0 Å². The topological polar surface area (TPSA) is 9.23 Å². The molecule has 1 rings (SSSR count). The zero-order valence-electron chi connectivity index (χ0n) is 7.73. The van der Waals surface area contributed by atoms with E-state index in [1.165, 1.54) is 0 Å². The Labute approximate surface area is 76.3 Å². The van der Waals surface area contributed by atoms with Crippen molar-refractivity contribution in [2.75, 3.05) is 6.61 Å². The van der Waals surface area contributed by atoms with E-state index in [1.807, 2.05) is 0 Å². The Bertz CT molecular complexity index is 155. The lowest BCUT2D eigenvalue weighted by Crippen LogP contribution is -2.27. The molecule has 0 unspecified atom stereocenters. The smallest absolute Gasteiger partial charge is 0.369 e. The second-order valence-electron chi connectivity index (χ2n) is 3.82. The summed E-state index contributed by atoms with van der Waals surface area (Å²) in [5, 5.41) is 0. The molecule has 0 radical (unpaired) electrons. The van der Waals surface area contributed by atoms with Crippen LogP contribution in [0.5, 0.6) is 0 Å². The molecule has 0 heterocycles. The number of hydrogen-bond acceptors (Lipinski definition) is 1. The molecule has 1 nitrogen and oxygen atoms in total. The highest BCUT2D eigenvalue weighted by Gasteiger charge is 2.30. The van der Waals surface area contributed by atoms with Gasteiger partial charge in [-0.3, -0.25) is 0 Å². The monoisotopic (exact) mass is 196 g/mol. The van der Waals surface area contributed by atoms with Gasteiger partial charge in [-0.15, -0.1) is 0 Å². The van der Waals surface area contributed by atoms with Gasteiger partial charge in [-0.1, -0.05) is 19.8 Å². The van der Waals surface area contributed by atoms with E-state index in [0.29, 0.717) is 5.92 Å². The molecule has 0 aromatic heterocycles. The minimum atomic E-state index is -4.18. The van der Waals surface area contributed by atoms with Crippen molar-refractivity contribution in [1.29, 1.82) is 0 Å². The summed E-state index contributed by atoms with van der Waals surface area (Å²) in [7, 11) is 0. The van der Waals surface area contributed by atoms with E-state index in [0.717, 1.165) is 25.7 Å². The van der Waals surface area contributed by atoms with Crippen LogP contribution >= 0.6 is 0 Å². The molecule has 0 aromatic carbocycles. The molecule has 0 aromatic rings. The second kappa shape index (κ2) is 4.31. The molecule has 4 heteroatoms. The third-order valence-corrected chi connectivity index (χ3v) is 2.37. The van der Waals surface area contributed by atoms with Gasteiger partial charge in [0.05, 0.1) is 6.10 Å². The summed E-state index contributed by atoms with van der Waals surface area (Å²) in [6, 6.07) is 0. The Balaban J connectivity index is 2.21. The Kier molecular flexibility index (Phi) is 3.59. The predicted molar refractivity (Wildman–Crippen MR) is 43.4 cm³/mol. The van der Waals surface area contributed by atoms with E-state index >= 15 is 0 Å². The van der Waals surface area contributed by atoms with Crippen molar-refractivity contribution in [2.45, 2.75) is 44.9 Å². The SMILES string of the molecule is C[C@@H]1CCC[C@H](OCC(F)(F)F)C1. The molecular weight excluding hydrogens is 181 g/mol. The van der Waals surface area contributed by atoms with Crippen LogP contribution in [0.3, 0.4) is 0 Å². The van der Waals surface area contributed by atoms with Crippen LogP contribution in [0.4, 0.5) is 13.2 Å².